The molecule has 7 heteroatoms. The lowest BCUT2D eigenvalue weighted by atomic mass is 9.92. The molecule has 5 rings (SSSR count). The maximum atomic E-state index is 13.0. The smallest absolute Gasteiger partial charge is 0.416 e. The summed E-state index contributed by atoms with van der Waals surface area (Å²) >= 11 is 0. The van der Waals surface area contributed by atoms with Gasteiger partial charge in [0.2, 0.25) is 0 Å². The van der Waals surface area contributed by atoms with E-state index in [1.165, 1.54) is 21.9 Å². The molecule has 1 aliphatic rings. The van der Waals surface area contributed by atoms with Crippen molar-refractivity contribution in [2.24, 2.45) is 0 Å². The van der Waals surface area contributed by atoms with Crippen molar-refractivity contribution < 1.29 is 27.4 Å². The van der Waals surface area contributed by atoms with Crippen molar-refractivity contribution in [2.75, 3.05) is 6.61 Å². The highest BCUT2D eigenvalue weighted by Crippen LogP contribution is 2.39. The summed E-state index contributed by atoms with van der Waals surface area (Å²) in [5.74, 6) is -0.0789. The number of alkyl halides is 3. The van der Waals surface area contributed by atoms with Gasteiger partial charge in [-0.15, -0.1) is 0 Å². The molecule has 0 heterocycles. The quantitative estimate of drug-likeness (QED) is 0.128. The average molecular weight is 548 g/mol. The zero-order valence-electron chi connectivity index (χ0n) is 20.9. The Kier molecular flexibility index (Phi) is 7.79. The lowest BCUT2D eigenvalue weighted by molar-refractivity contribution is -0.158. The Morgan fingerprint density at radius 2 is 1.33 bits per heavy atom. The summed E-state index contributed by atoms with van der Waals surface area (Å²) in [7, 11) is -0.298. The van der Waals surface area contributed by atoms with Crippen molar-refractivity contribution in [3.63, 3.8) is 0 Å². The number of hydrogen-bond acceptors (Lipinski definition) is 3. The first-order chi connectivity index (χ1) is 18.8. The van der Waals surface area contributed by atoms with Gasteiger partial charge in [0.15, 0.2) is 26.9 Å². The Labute approximate surface area is 228 Å². The van der Waals surface area contributed by atoms with Crippen molar-refractivity contribution in [3.05, 3.63) is 132 Å². The molecule has 1 unspecified atom stereocenters. The van der Waals surface area contributed by atoms with Gasteiger partial charge in [0, 0.05) is 0 Å². The SMILES string of the molecule is O=C(COc1ccc([S+](c2ccccc2)c2ccccc2)cc1)OC1(c2ccc(C(F)(F)F)cc2)C=CCC1. The molecule has 198 valence electrons. The molecule has 39 heavy (non-hydrogen) atoms. The zero-order chi connectivity index (χ0) is 27.3. The van der Waals surface area contributed by atoms with Crippen molar-refractivity contribution in [2.45, 2.75) is 39.3 Å². The molecule has 0 fully saturated rings. The second-order valence-corrected chi connectivity index (χ2v) is 11.1. The first-order valence-corrected chi connectivity index (χ1v) is 13.7. The lowest BCUT2D eigenvalue weighted by Crippen LogP contribution is -2.31. The van der Waals surface area contributed by atoms with Gasteiger partial charge < -0.3 is 9.47 Å². The fraction of sp³-hybridized carbons (Fsp3) is 0.156. The molecular formula is C32H26F3O3S+. The summed E-state index contributed by atoms with van der Waals surface area (Å²) in [5.41, 5.74) is -1.35. The molecule has 1 aliphatic carbocycles. The van der Waals surface area contributed by atoms with Gasteiger partial charge in [-0.05, 0) is 85.1 Å². The molecule has 0 aromatic heterocycles. The van der Waals surface area contributed by atoms with E-state index in [4.69, 9.17) is 9.47 Å². The van der Waals surface area contributed by atoms with E-state index in [1.54, 1.807) is 6.08 Å². The maximum absolute atomic E-state index is 13.0. The van der Waals surface area contributed by atoms with Crippen LogP contribution in [0.15, 0.2) is 136 Å². The van der Waals surface area contributed by atoms with Gasteiger partial charge in [-0.25, -0.2) is 4.79 Å². The minimum absolute atomic E-state index is 0.298. The highest BCUT2D eigenvalue weighted by Gasteiger charge is 2.37. The molecule has 0 aliphatic heterocycles. The van der Waals surface area contributed by atoms with E-state index in [9.17, 15) is 18.0 Å². The van der Waals surface area contributed by atoms with Crippen LogP contribution in [0.2, 0.25) is 0 Å². The number of benzene rings is 4. The predicted molar refractivity (Wildman–Crippen MR) is 145 cm³/mol. The van der Waals surface area contributed by atoms with Gasteiger partial charge in [0.25, 0.3) is 0 Å². The van der Waals surface area contributed by atoms with E-state index in [2.05, 4.69) is 24.3 Å². The standard InChI is InChI=1S/C32H26F3O3S/c33-32(34,35)25-15-13-24(14-16-25)31(21-7-8-22-31)38-30(36)23-37-26-17-19-29(20-18-26)39(27-9-3-1-4-10-27)28-11-5-2-6-12-28/h1-7,9-21H,8,22-23H2/q+1. The largest absolute Gasteiger partial charge is 0.482 e. The number of carbonyl (C=O) groups excluding carboxylic acids is 1. The number of rotatable bonds is 8. The van der Waals surface area contributed by atoms with Crippen LogP contribution in [0.25, 0.3) is 0 Å². The molecule has 1 atom stereocenters. The van der Waals surface area contributed by atoms with Crippen LogP contribution in [0.3, 0.4) is 0 Å². The number of esters is 1. The Morgan fingerprint density at radius 1 is 0.769 bits per heavy atom. The van der Waals surface area contributed by atoms with Gasteiger partial charge in [0.05, 0.1) is 16.5 Å². The van der Waals surface area contributed by atoms with Crippen LogP contribution >= 0.6 is 0 Å². The van der Waals surface area contributed by atoms with Crippen molar-refractivity contribution >= 4 is 16.9 Å². The van der Waals surface area contributed by atoms with Crippen LogP contribution in [0.4, 0.5) is 13.2 Å². The average Bonchev–Trinajstić information content (AvgIpc) is 3.43. The van der Waals surface area contributed by atoms with Gasteiger partial charge in [-0.2, -0.15) is 13.2 Å². The predicted octanol–water partition coefficient (Wildman–Crippen LogP) is 7.97. The summed E-state index contributed by atoms with van der Waals surface area (Å²) in [4.78, 5) is 16.3. The van der Waals surface area contributed by atoms with Gasteiger partial charge in [0.1, 0.15) is 5.75 Å². The topological polar surface area (TPSA) is 35.5 Å². The van der Waals surface area contributed by atoms with Crippen LogP contribution in [-0.2, 0) is 32.2 Å². The van der Waals surface area contributed by atoms with E-state index in [1.807, 2.05) is 66.7 Å². The molecule has 0 spiro atoms. The molecule has 0 amide bonds. The molecular weight excluding hydrogens is 521 g/mol. The minimum atomic E-state index is -4.43. The van der Waals surface area contributed by atoms with E-state index in [0.717, 1.165) is 17.0 Å². The molecule has 4 aromatic carbocycles. The summed E-state index contributed by atoms with van der Waals surface area (Å²) in [5, 5.41) is 0. The third-order valence-corrected chi connectivity index (χ3v) is 8.67. The lowest BCUT2D eigenvalue weighted by Gasteiger charge is -2.28. The van der Waals surface area contributed by atoms with E-state index in [0.29, 0.717) is 24.2 Å². The molecule has 3 nitrogen and oxygen atoms in total. The Morgan fingerprint density at radius 3 is 1.85 bits per heavy atom. The van der Waals surface area contributed by atoms with Crippen molar-refractivity contribution in [3.8, 4) is 5.75 Å². The Balaban J connectivity index is 1.27. The highest BCUT2D eigenvalue weighted by molar-refractivity contribution is 7.97. The first-order valence-electron chi connectivity index (χ1n) is 12.5. The molecule has 0 radical (unpaired) electrons. The van der Waals surface area contributed by atoms with Crippen LogP contribution in [0, 0.1) is 0 Å². The summed E-state index contributed by atoms with van der Waals surface area (Å²) in [6, 6.07) is 32.9. The first kappa shape index (κ1) is 26.6. The molecule has 0 N–H and O–H groups in total. The van der Waals surface area contributed by atoms with Crippen LogP contribution in [0.5, 0.6) is 5.75 Å². The minimum Gasteiger partial charge on any atom is -0.482 e. The van der Waals surface area contributed by atoms with Gasteiger partial charge >= 0.3 is 12.1 Å². The fourth-order valence-electron chi connectivity index (χ4n) is 4.55. The highest BCUT2D eigenvalue weighted by atomic mass is 32.2. The van der Waals surface area contributed by atoms with Crippen LogP contribution < -0.4 is 4.74 Å². The monoisotopic (exact) mass is 547 g/mol. The second kappa shape index (κ2) is 11.4. The zero-order valence-corrected chi connectivity index (χ0v) is 21.8. The van der Waals surface area contributed by atoms with Gasteiger partial charge in [-0.1, -0.05) is 54.6 Å². The van der Waals surface area contributed by atoms with E-state index in [-0.39, 0.29) is 17.5 Å². The fourth-order valence-corrected chi connectivity index (χ4v) is 6.63. The summed E-state index contributed by atoms with van der Waals surface area (Å²) in [6.07, 6.45) is 0.277. The number of ether oxygens (including phenoxy) is 2. The molecule has 4 aromatic rings. The van der Waals surface area contributed by atoms with Crippen LogP contribution in [-0.4, -0.2) is 12.6 Å². The van der Waals surface area contributed by atoms with Crippen molar-refractivity contribution in [1.82, 2.24) is 0 Å². The Hall–Kier alpha value is -3.97. The van der Waals surface area contributed by atoms with Crippen molar-refractivity contribution in [1.29, 1.82) is 0 Å². The second-order valence-electron chi connectivity index (χ2n) is 9.07. The molecule has 0 saturated heterocycles. The number of hydrogen-bond donors (Lipinski definition) is 0. The summed E-state index contributed by atoms with van der Waals surface area (Å²) < 4.78 is 50.5. The third kappa shape index (κ3) is 6.20. The summed E-state index contributed by atoms with van der Waals surface area (Å²) in [6.45, 7) is -0.321. The number of halogens is 3. The third-order valence-electron chi connectivity index (χ3n) is 6.44. The maximum Gasteiger partial charge on any atom is 0.416 e. The molecule has 0 saturated carbocycles. The number of allylic oxidation sites excluding steroid dienone is 1. The Bertz CT molecular complexity index is 1380. The number of carbonyl (C=O) groups is 1. The normalized spacial score (nSPS) is 16.8. The molecule has 0 bridgehead atoms. The van der Waals surface area contributed by atoms with E-state index >= 15 is 0 Å². The van der Waals surface area contributed by atoms with Gasteiger partial charge in [-0.3, -0.25) is 0 Å². The van der Waals surface area contributed by atoms with E-state index < -0.39 is 23.3 Å². The van der Waals surface area contributed by atoms with Crippen LogP contribution in [0.1, 0.15) is 24.0 Å².